The summed E-state index contributed by atoms with van der Waals surface area (Å²) < 4.78 is 13.1. The van der Waals surface area contributed by atoms with Crippen molar-refractivity contribution in [1.29, 1.82) is 0 Å². The van der Waals surface area contributed by atoms with Crippen LogP contribution < -0.4 is 11.1 Å². The number of aromatic nitrogens is 2. The van der Waals surface area contributed by atoms with E-state index in [1.807, 2.05) is 14.0 Å². The Hall–Kier alpha value is -1.75. The monoisotopic (exact) mass is 234 g/mol. The van der Waals surface area contributed by atoms with E-state index in [2.05, 4.69) is 15.3 Å². The first-order valence-electron chi connectivity index (χ1n) is 5.49. The molecule has 2 rings (SSSR count). The summed E-state index contributed by atoms with van der Waals surface area (Å²) in [7, 11) is 1.88. The summed E-state index contributed by atoms with van der Waals surface area (Å²) in [5, 5.41) is 3.67. The molecule has 0 aliphatic rings. The number of rotatable bonds is 3. The Morgan fingerprint density at radius 3 is 2.88 bits per heavy atom. The highest BCUT2D eigenvalue weighted by molar-refractivity contribution is 5.87. The van der Waals surface area contributed by atoms with E-state index in [9.17, 15) is 4.39 Å². The van der Waals surface area contributed by atoms with Crippen LogP contribution in [0.15, 0.2) is 18.2 Å². The summed E-state index contributed by atoms with van der Waals surface area (Å²) in [6, 6.07) is 4.62. The quantitative estimate of drug-likeness (QED) is 0.844. The summed E-state index contributed by atoms with van der Waals surface area (Å²) in [6.07, 6.45) is 0.689. The van der Waals surface area contributed by atoms with Crippen LogP contribution >= 0.6 is 0 Å². The van der Waals surface area contributed by atoms with E-state index in [1.165, 1.54) is 12.1 Å². The second kappa shape index (κ2) is 4.63. The first-order valence-corrected chi connectivity index (χ1v) is 5.49. The zero-order chi connectivity index (χ0) is 12.4. The Labute approximate surface area is 99.1 Å². The van der Waals surface area contributed by atoms with Gasteiger partial charge >= 0.3 is 0 Å². The van der Waals surface area contributed by atoms with Gasteiger partial charge in [-0.3, -0.25) is 0 Å². The predicted molar refractivity (Wildman–Crippen MR) is 66.1 cm³/mol. The summed E-state index contributed by atoms with van der Waals surface area (Å²) in [5.74, 6) is 0.667. The molecule has 0 amide bonds. The molecule has 90 valence electrons. The van der Waals surface area contributed by atoms with Crippen molar-refractivity contribution in [3.8, 4) is 0 Å². The molecule has 1 heterocycles. The number of nitrogen functional groups attached to an aromatic ring is 1. The highest BCUT2D eigenvalue weighted by Gasteiger charge is 2.08. The van der Waals surface area contributed by atoms with Crippen LogP contribution in [-0.4, -0.2) is 23.1 Å². The molecule has 1 unspecified atom stereocenters. The fourth-order valence-electron chi connectivity index (χ4n) is 1.64. The van der Waals surface area contributed by atoms with Crippen molar-refractivity contribution in [3.05, 3.63) is 29.8 Å². The van der Waals surface area contributed by atoms with Gasteiger partial charge in [-0.15, -0.1) is 0 Å². The lowest BCUT2D eigenvalue weighted by atomic mass is 10.2. The zero-order valence-corrected chi connectivity index (χ0v) is 9.87. The molecule has 17 heavy (non-hydrogen) atoms. The van der Waals surface area contributed by atoms with Crippen LogP contribution in [0.1, 0.15) is 12.7 Å². The molecule has 0 bridgehead atoms. The van der Waals surface area contributed by atoms with Crippen LogP contribution in [-0.2, 0) is 6.42 Å². The normalized spacial score (nSPS) is 12.9. The molecule has 0 fully saturated rings. The van der Waals surface area contributed by atoms with Gasteiger partial charge in [0.2, 0.25) is 0 Å². The highest BCUT2D eigenvalue weighted by atomic mass is 19.1. The second-order valence-corrected chi connectivity index (χ2v) is 4.08. The van der Waals surface area contributed by atoms with E-state index in [4.69, 9.17) is 5.73 Å². The van der Waals surface area contributed by atoms with Gasteiger partial charge in [0.25, 0.3) is 0 Å². The third kappa shape index (κ3) is 2.50. The molecule has 4 nitrogen and oxygen atoms in total. The van der Waals surface area contributed by atoms with E-state index in [1.54, 1.807) is 6.07 Å². The SMILES string of the molecule is CNC(C)Cc1nc(N)c2cc(F)ccc2n1. The largest absolute Gasteiger partial charge is 0.383 e. The van der Waals surface area contributed by atoms with E-state index in [0.717, 1.165) is 0 Å². The average molecular weight is 234 g/mol. The number of halogens is 1. The smallest absolute Gasteiger partial charge is 0.135 e. The van der Waals surface area contributed by atoms with Crippen LogP contribution in [0.4, 0.5) is 10.2 Å². The molecule has 2 aromatic rings. The van der Waals surface area contributed by atoms with Gasteiger partial charge in [0.1, 0.15) is 17.5 Å². The molecule has 1 aromatic carbocycles. The van der Waals surface area contributed by atoms with Crippen molar-refractivity contribution in [2.24, 2.45) is 0 Å². The van der Waals surface area contributed by atoms with Crippen LogP contribution in [0.25, 0.3) is 10.9 Å². The van der Waals surface area contributed by atoms with Crippen LogP contribution in [0.5, 0.6) is 0 Å². The molecular weight excluding hydrogens is 219 g/mol. The average Bonchev–Trinajstić information content (AvgIpc) is 2.30. The molecular formula is C12H15FN4. The number of benzene rings is 1. The topological polar surface area (TPSA) is 63.8 Å². The Kier molecular flexibility index (Phi) is 3.19. The number of hydrogen-bond acceptors (Lipinski definition) is 4. The minimum atomic E-state index is -0.329. The second-order valence-electron chi connectivity index (χ2n) is 4.08. The first-order chi connectivity index (χ1) is 8.10. The van der Waals surface area contributed by atoms with E-state index in [0.29, 0.717) is 29.0 Å². The van der Waals surface area contributed by atoms with Gasteiger partial charge in [-0.2, -0.15) is 0 Å². The fraction of sp³-hybridized carbons (Fsp3) is 0.333. The maximum absolute atomic E-state index is 13.1. The number of fused-ring (bicyclic) bond motifs is 1. The van der Waals surface area contributed by atoms with Crippen molar-refractivity contribution >= 4 is 16.7 Å². The third-order valence-electron chi connectivity index (χ3n) is 2.72. The Bertz CT molecular complexity index is 541. The minimum absolute atomic E-state index is 0.271. The molecule has 0 aliphatic carbocycles. The molecule has 0 aliphatic heterocycles. The maximum Gasteiger partial charge on any atom is 0.135 e. The lowest BCUT2D eigenvalue weighted by molar-refractivity contribution is 0.592. The highest BCUT2D eigenvalue weighted by Crippen LogP contribution is 2.19. The van der Waals surface area contributed by atoms with Gasteiger partial charge in [-0.1, -0.05) is 0 Å². The van der Waals surface area contributed by atoms with E-state index in [-0.39, 0.29) is 11.9 Å². The van der Waals surface area contributed by atoms with Gasteiger partial charge < -0.3 is 11.1 Å². The predicted octanol–water partition coefficient (Wildman–Crippen LogP) is 1.50. The van der Waals surface area contributed by atoms with E-state index < -0.39 is 0 Å². The van der Waals surface area contributed by atoms with Crippen molar-refractivity contribution in [2.45, 2.75) is 19.4 Å². The minimum Gasteiger partial charge on any atom is -0.383 e. The first kappa shape index (κ1) is 11.7. The number of nitrogens with one attached hydrogen (secondary N) is 1. The van der Waals surface area contributed by atoms with Gasteiger partial charge in [-0.25, -0.2) is 14.4 Å². The number of hydrogen-bond donors (Lipinski definition) is 2. The Morgan fingerprint density at radius 1 is 1.41 bits per heavy atom. The van der Waals surface area contributed by atoms with Crippen LogP contribution in [0, 0.1) is 5.82 Å². The molecule has 3 N–H and O–H groups in total. The maximum atomic E-state index is 13.1. The molecule has 0 spiro atoms. The molecule has 1 aromatic heterocycles. The number of nitrogens with two attached hydrogens (primary N) is 1. The van der Waals surface area contributed by atoms with Crippen LogP contribution in [0.3, 0.4) is 0 Å². The Balaban J connectivity index is 2.45. The molecule has 0 saturated carbocycles. The molecule has 1 atom stereocenters. The van der Waals surface area contributed by atoms with Crippen molar-refractivity contribution in [2.75, 3.05) is 12.8 Å². The molecule has 0 radical (unpaired) electrons. The van der Waals surface area contributed by atoms with Gasteiger partial charge in [0.15, 0.2) is 0 Å². The van der Waals surface area contributed by atoms with Gasteiger partial charge in [0.05, 0.1) is 5.52 Å². The molecule has 0 saturated heterocycles. The lowest BCUT2D eigenvalue weighted by Gasteiger charge is -2.10. The fourth-order valence-corrected chi connectivity index (χ4v) is 1.64. The van der Waals surface area contributed by atoms with Crippen molar-refractivity contribution in [1.82, 2.24) is 15.3 Å². The summed E-state index contributed by atoms with van der Waals surface area (Å²) >= 11 is 0. The number of nitrogens with zero attached hydrogens (tertiary/aromatic N) is 2. The van der Waals surface area contributed by atoms with Gasteiger partial charge in [-0.05, 0) is 32.2 Å². The Morgan fingerprint density at radius 2 is 2.18 bits per heavy atom. The van der Waals surface area contributed by atoms with E-state index >= 15 is 0 Å². The number of anilines is 1. The van der Waals surface area contributed by atoms with Crippen molar-refractivity contribution in [3.63, 3.8) is 0 Å². The van der Waals surface area contributed by atoms with Crippen molar-refractivity contribution < 1.29 is 4.39 Å². The van der Waals surface area contributed by atoms with Gasteiger partial charge in [0, 0.05) is 17.8 Å². The standard InChI is InChI=1S/C12H15FN4/c1-7(15-2)5-11-16-10-4-3-8(13)6-9(10)12(14)17-11/h3-4,6-7,15H,5H2,1-2H3,(H2,14,16,17). The summed E-state index contributed by atoms with van der Waals surface area (Å²) in [5.41, 5.74) is 6.48. The summed E-state index contributed by atoms with van der Waals surface area (Å²) in [6.45, 7) is 2.04. The summed E-state index contributed by atoms with van der Waals surface area (Å²) in [4.78, 5) is 8.56. The lowest BCUT2D eigenvalue weighted by Crippen LogP contribution is -2.24. The third-order valence-corrected chi connectivity index (χ3v) is 2.72. The van der Waals surface area contributed by atoms with Crippen LogP contribution in [0.2, 0.25) is 0 Å². The number of likely N-dealkylation sites (N-methyl/N-ethyl adjacent to an activating group) is 1. The molecule has 5 heteroatoms. The zero-order valence-electron chi connectivity index (χ0n) is 9.87.